The van der Waals surface area contributed by atoms with E-state index in [1.165, 1.54) is 0 Å². The number of carbonyl (C=O) groups excluding carboxylic acids is 1. The zero-order valence-electron chi connectivity index (χ0n) is 12.1. The number of rotatable bonds is 4. The molecule has 1 fully saturated rings. The van der Waals surface area contributed by atoms with Gasteiger partial charge < -0.3 is 10.6 Å². The zero-order chi connectivity index (χ0) is 15.3. The molecule has 1 saturated heterocycles. The molecule has 0 saturated carbocycles. The molecule has 2 N–H and O–H groups in total. The molecule has 1 amide bonds. The van der Waals surface area contributed by atoms with Crippen LogP contribution in [0.15, 0.2) is 24.3 Å². The zero-order valence-corrected chi connectivity index (χ0v) is 12.9. The summed E-state index contributed by atoms with van der Waals surface area (Å²) >= 11 is 0. The third kappa shape index (κ3) is 6.23. The van der Waals surface area contributed by atoms with E-state index in [1.807, 2.05) is 0 Å². The summed E-state index contributed by atoms with van der Waals surface area (Å²) in [5, 5.41) is 6.02. The van der Waals surface area contributed by atoms with Gasteiger partial charge >= 0.3 is 6.18 Å². The molecule has 0 radical (unpaired) electrons. The van der Waals surface area contributed by atoms with Gasteiger partial charge in [0.1, 0.15) is 0 Å². The average molecular weight is 337 g/mol. The second-order valence-electron chi connectivity index (χ2n) is 5.33. The van der Waals surface area contributed by atoms with E-state index >= 15 is 0 Å². The highest BCUT2D eigenvalue weighted by atomic mass is 35.5. The van der Waals surface area contributed by atoms with Gasteiger partial charge in [0, 0.05) is 18.0 Å². The molecule has 1 aliphatic heterocycles. The number of carbonyl (C=O) groups is 1. The van der Waals surface area contributed by atoms with E-state index in [2.05, 4.69) is 10.6 Å². The van der Waals surface area contributed by atoms with E-state index in [0.29, 0.717) is 11.3 Å². The van der Waals surface area contributed by atoms with Crippen molar-refractivity contribution < 1.29 is 18.0 Å². The van der Waals surface area contributed by atoms with Crippen molar-refractivity contribution in [2.75, 3.05) is 18.4 Å². The highest BCUT2D eigenvalue weighted by molar-refractivity contribution is 5.92. The van der Waals surface area contributed by atoms with Crippen molar-refractivity contribution in [3.63, 3.8) is 0 Å². The lowest BCUT2D eigenvalue weighted by molar-refractivity contribution is -0.134. The highest BCUT2D eigenvalue weighted by Crippen LogP contribution is 2.23. The van der Waals surface area contributed by atoms with Gasteiger partial charge in [-0.2, -0.15) is 13.2 Å². The first-order chi connectivity index (χ1) is 9.94. The molecule has 3 nitrogen and oxygen atoms in total. The van der Waals surface area contributed by atoms with Crippen molar-refractivity contribution in [1.29, 1.82) is 0 Å². The summed E-state index contributed by atoms with van der Waals surface area (Å²) in [7, 11) is 0. The Kier molecular flexibility index (Phi) is 7.16. The fourth-order valence-electron chi connectivity index (χ4n) is 2.37. The summed E-state index contributed by atoms with van der Waals surface area (Å²) in [4.78, 5) is 12.0. The molecule has 1 aromatic carbocycles. The molecule has 0 aliphatic carbocycles. The Hall–Kier alpha value is -1.27. The Morgan fingerprint density at radius 3 is 2.32 bits per heavy atom. The molecule has 124 valence electrons. The number of nitrogens with one attached hydrogen (secondary N) is 2. The molecular formula is C15H20ClF3N2O. The molecule has 1 aliphatic rings. The molecule has 0 bridgehead atoms. The minimum Gasteiger partial charge on any atom is -0.326 e. The molecule has 22 heavy (non-hydrogen) atoms. The van der Waals surface area contributed by atoms with Gasteiger partial charge in [0.2, 0.25) is 5.91 Å². The maximum Gasteiger partial charge on any atom is 0.389 e. The fraction of sp³-hybridized carbons (Fsp3) is 0.533. The van der Waals surface area contributed by atoms with Crippen LogP contribution in [0, 0.1) is 5.92 Å². The lowest BCUT2D eigenvalue weighted by atomic mass is 9.97. The largest absolute Gasteiger partial charge is 0.389 e. The first kappa shape index (κ1) is 18.8. The van der Waals surface area contributed by atoms with Crippen molar-refractivity contribution in [3.8, 4) is 0 Å². The number of piperidine rings is 1. The second kappa shape index (κ2) is 8.39. The number of anilines is 1. The van der Waals surface area contributed by atoms with Crippen LogP contribution in [-0.4, -0.2) is 25.2 Å². The molecule has 0 atom stereocenters. The van der Waals surface area contributed by atoms with Crippen LogP contribution in [-0.2, 0) is 11.2 Å². The number of amides is 1. The predicted octanol–water partition coefficient (Wildman–Crippen LogP) is 3.54. The molecule has 1 aromatic rings. The smallest absolute Gasteiger partial charge is 0.326 e. The Balaban J connectivity index is 0.00000242. The lowest BCUT2D eigenvalue weighted by Gasteiger charge is -2.21. The van der Waals surface area contributed by atoms with Crippen molar-refractivity contribution in [1.82, 2.24) is 5.32 Å². The molecule has 2 rings (SSSR count). The summed E-state index contributed by atoms with van der Waals surface area (Å²) in [5.41, 5.74) is 1.25. The molecular weight excluding hydrogens is 317 g/mol. The Morgan fingerprint density at radius 1 is 1.18 bits per heavy atom. The third-order valence-electron chi connectivity index (χ3n) is 3.63. The molecule has 1 heterocycles. The van der Waals surface area contributed by atoms with Gasteiger partial charge in [-0.1, -0.05) is 12.1 Å². The van der Waals surface area contributed by atoms with E-state index in [1.54, 1.807) is 24.3 Å². The highest BCUT2D eigenvalue weighted by Gasteiger charge is 2.26. The Morgan fingerprint density at radius 2 is 1.77 bits per heavy atom. The van der Waals surface area contributed by atoms with Gasteiger partial charge in [-0.3, -0.25) is 4.79 Å². The van der Waals surface area contributed by atoms with Crippen molar-refractivity contribution in [2.24, 2.45) is 5.92 Å². The van der Waals surface area contributed by atoms with Crippen LogP contribution in [0.2, 0.25) is 0 Å². The van der Waals surface area contributed by atoms with E-state index in [0.717, 1.165) is 25.9 Å². The predicted molar refractivity (Wildman–Crippen MR) is 82.3 cm³/mol. The van der Waals surface area contributed by atoms with Crippen LogP contribution >= 0.6 is 12.4 Å². The van der Waals surface area contributed by atoms with Crippen molar-refractivity contribution in [2.45, 2.75) is 31.9 Å². The summed E-state index contributed by atoms with van der Waals surface area (Å²) < 4.78 is 36.4. The van der Waals surface area contributed by atoms with Gasteiger partial charge in [0.05, 0.1) is 0 Å². The number of hydrogen-bond donors (Lipinski definition) is 2. The number of halogens is 4. The molecule has 0 unspecified atom stereocenters. The van der Waals surface area contributed by atoms with Gasteiger partial charge in [0.15, 0.2) is 0 Å². The third-order valence-corrected chi connectivity index (χ3v) is 3.63. The van der Waals surface area contributed by atoms with E-state index in [4.69, 9.17) is 0 Å². The minimum atomic E-state index is -4.14. The standard InChI is InChI=1S/C15H19F3N2O.ClH/c16-15(17,18)8-5-11-1-3-13(4-2-11)20-14(21)12-6-9-19-10-7-12;/h1-4,12,19H,5-10H2,(H,20,21);1H. The first-order valence-electron chi connectivity index (χ1n) is 7.11. The fourth-order valence-corrected chi connectivity index (χ4v) is 2.37. The first-order valence-corrected chi connectivity index (χ1v) is 7.11. The van der Waals surface area contributed by atoms with Gasteiger partial charge in [0.25, 0.3) is 0 Å². The van der Waals surface area contributed by atoms with Crippen LogP contribution in [0.3, 0.4) is 0 Å². The number of hydrogen-bond acceptors (Lipinski definition) is 2. The number of aryl methyl sites for hydroxylation is 1. The van der Waals surface area contributed by atoms with Gasteiger partial charge in [-0.05, 0) is 50.0 Å². The van der Waals surface area contributed by atoms with Crippen LogP contribution in [0.5, 0.6) is 0 Å². The SMILES string of the molecule is Cl.O=C(Nc1ccc(CCC(F)(F)F)cc1)C1CCNCC1. The van der Waals surface area contributed by atoms with Crippen LogP contribution in [0.4, 0.5) is 18.9 Å². The number of alkyl halides is 3. The monoisotopic (exact) mass is 336 g/mol. The quantitative estimate of drug-likeness (QED) is 0.883. The summed E-state index contributed by atoms with van der Waals surface area (Å²) in [6.07, 6.45) is -3.37. The van der Waals surface area contributed by atoms with Crippen molar-refractivity contribution in [3.05, 3.63) is 29.8 Å². The summed E-state index contributed by atoms with van der Waals surface area (Å²) in [5.74, 6) is -0.00398. The normalized spacial score (nSPS) is 16.0. The molecule has 0 spiro atoms. The minimum absolute atomic E-state index is 0. The van der Waals surface area contributed by atoms with Gasteiger partial charge in [-0.15, -0.1) is 12.4 Å². The van der Waals surface area contributed by atoms with E-state index in [-0.39, 0.29) is 30.7 Å². The maximum atomic E-state index is 12.1. The van der Waals surface area contributed by atoms with Gasteiger partial charge in [-0.25, -0.2) is 0 Å². The Bertz CT molecular complexity index is 471. The maximum absolute atomic E-state index is 12.1. The van der Waals surface area contributed by atoms with Crippen LogP contribution in [0.1, 0.15) is 24.8 Å². The summed E-state index contributed by atoms with van der Waals surface area (Å²) in [6, 6.07) is 6.57. The lowest BCUT2D eigenvalue weighted by Crippen LogP contribution is -2.34. The van der Waals surface area contributed by atoms with Crippen LogP contribution in [0.25, 0.3) is 0 Å². The Labute approximate surface area is 134 Å². The number of benzene rings is 1. The second-order valence-corrected chi connectivity index (χ2v) is 5.33. The molecule has 7 heteroatoms. The summed E-state index contributed by atoms with van der Waals surface area (Å²) in [6.45, 7) is 1.68. The average Bonchev–Trinajstić information content (AvgIpc) is 2.46. The van der Waals surface area contributed by atoms with Crippen LogP contribution < -0.4 is 10.6 Å². The van der Waals surface area contributed by atoms with E-state index < -0.39 is 12.6 Å². The van der Waals surface area contributed by atoms with E-state index in [9.17, 15) is 18.0 Å². The molecule has 0 aromatic heterocycles. The van der Waals surface area contributed by atoms with Crippen molar-refractivity contribution >= 4 is 24.0 Å². The topological polar surface area (TPSA) is 41.1 Å².